The molecule has 1 aromatic rings. The van der Waals surface area contributed by atoms with Crippen molar-refractivity contribution in [3.05, 3.63) is 29.8 Å². The average molecular weight is 317 g/mol. The minimum atomic E-state index is -1.05. The number of amides is 1. The van der Waals surface area contributed by atoms with E-state index in [1.54, 1.807) is 24.3 Å². The smallest absolute Gasteiger partial charge is 0.329 e. The van der Waals surface area contributed by atoms with Crippen LogP contribution in [0, 0.1) is 5.92 Å². The predicted molar refractivity (Wildman–Crippen MR) is 85.6 cm³/mol. The number of rotatable bonds is 6. The number of aliphatic carboxylic acids is 1. The molecule has 0 aromatic heterocycles. The number of benzene rings is 1. The zero-order valence-electron chi connectivity index (χ0n) is 13.2. The highest BCUT2D eigenvalue weighted by molar-refractivity contribution is 5.99. The lowest BCUT2D eigenvalue weighted by atomic mass is 9.90. The molecule has 0 radical (unpaired) electrons. The molecule has 3 rings (SSSR count). The zero-order chi connectivity index (χ0) is 16.3. The molecule has 0 aliphatic heterocycles. The summed E-state index contributed by atoms with van der Waals surface area (Å²) in [5.41, 5.74) is -0.588. The first-order chi connectivity index (χ1) is 11.1. The van der Waals surface area contributed by atoms with Gasteiger partial charge in [-0.1, -0.05) is 19.3 Å². The van der Waals surface area contributed by atoms with E-state index < -0.39 is 11.5 Å². The van der Waals surface area contributed by atoms with Gasteiger partial charge in [0.2, 0.25) is 0 Å². The van der Waals surface area contributed by atoms with E-state index >= 15 is 0 Å². The van der Waals surface area contributed by atoms with Gasteiger partial charge in [-0.25, -0.2) is 4.79 Å². The topological polar surface area (TPSA) is 75.6 Å². The van der Waals surface area contributed by atoms with Crippen LogP contribution < -0.4 is 10.1 Å². The van der Waals surface area contributed by atoms with Crippen LogP contribution in [0.3, 0.4) is 0 Å². The Kier molecular flexibility index (Phi) is 4.55. The maximum Gasteiger partial charge on any atom is 0.329 e. The maximum atomic E-state index is 12.1. The van der Waals surface area contributed by atoms with Crippen LogP contribution in [0.15, 0.2) is 24.3 Å². The number of carbonyl (C=O) groups is 2. The first-order valence-corrected chi connectivity index (χ1v) is 8.38. The van der Waals surface area contributed by atoms with Gasteiger partial charge in [-0.15, -0.1) is 0 Å². The third kappa shape index (κ3) is 3.84. The lowest BCUT2D eigenvalue weighted by Gasteiger charge is -2.21. The Hall–Kier alpha value is -2.04. The molecule has 0 bridgehead atoms. The Balaban J connectivity index is 1.52. The quantitative estimate of drug-likeness (QED) is 0.845. The first kappa shape index (κ1) is 15.8. The summed E-state index contributed by atoms with van der Waals surface area (Å²) in [6, 6.07) is 6.92. The van der Waals surface area contributed by atoms with Crippen LogP contribution in [-0.2, 0) is 4.79 Å². The van der Waals surface area contributed by atoms with E-state index in [4.69, 9.17) is 9.84 Å². The summed E-state index contributed by atoms with van der Waals surface area (Å²) in [5.74, 6) is 0.0884. The van der Waals surface area contributed by atoms with Crippen LogP contribution in [0.4, 0.5) is 0 Å². The predicted octanol–water partition coefficient (Wildman–Crippen LogP) is 2.99. The van der Waals surface area contributed by atoms with Gasteiger partial charge in [0.15, 0.2) is 0 Å². The molecule has 124 valence electrons. The van der Waals surface area contributed by atoms with Crippen molar-refractivity contribution in [1.82, 2.24) is 5.32 Å². The van der Waals surface area contributed by atoms with Gasteiger partial charge in [-0.3, -0.25) is 4.79 Å². The standard InChI is InChI=1S/C18H23NO4/c20-16(19-18(10-11-18)17(21)22)14-6-8-15(9-7-14)23-12-13-4-2-1-3-5-13/h6-9,13H,1-5,10-12H2,(H,19,20)(H,21,22). The number of hydrogen-bond donors (Lipinski definition) is 2. The molecule has 0 unspecified atom stereocenters. The SMILES string of the molecule is O=C(NC1(C(=O)O)CC1)c1ccc(OCC2CCCCC2)cc1. The van der Waals surface area contributed by atoms with E-state index in [1.165, 1.54) is 32.1 Å². The van der Waals surface area contributed by atoms with Gasteiger partial charge in [0, 0.05) is 5.56 Å². The molecule has 2 aliphatic carbocycles. The maximum absolute atomic E-state index is 12.1. The van der Waals surface area contributed by atoms with E-state index in [1.807, 2.05) is 0 Å². The van der Waals surface area contributed by atoms with Crippen LogP contribution in [0.25, 0.3) is 0 Å². The molecule has 1 amide bonds. The summed E-state index contributed by atoms with van der Waals surface area (Å²) in [4.78, 5) is 23.2. The van der Waals surface area contributed by atoms with Crippen molar-refractivity contribution in [3.8, 4) is 5.75 Å². The second kappa shape index (κ2) is 6.60. The third-order valence-electron chi connectivity index (χ3n) is 4.84. The van der Waals surface area contributed by atoms with Gasteiger partial charge in [-0.05, 0) is 55.9 Å². The van der Waals surface area contributed by atoms with Gasteiger partial charge in [-0.2, -0.15) is 0 Å². The van der Waals surface area contributed by atoms with E-state index in [0.717, 1.165) is 12.4 Å². The Bertz CT molecular complexity index is 571. The molecule has 0 atom stereocenters. The fraction of sp³-hybridized carbons (Fsp3) is 0.556. The van der Waals surface area contributed by atoms with Crippen LogP contribution in [0.1, 0.15) is 55.3 Å². The summed E-state index contributed by atoms with van der Waals surface area (Å²) in [7, 11) is 0. The van der Waals surface area contributed by atoms with E-state index in [2.05, 4.69) is 5.32 Å². The second-order valence-electron chi connectivity index (χ2n) is 6.68. The summed E-state index contributed by atoms with van der Waals surface area (Å²) in [5, 5.41) is 11.7. The van der Waals surface area contributed by atoms with Crippen LogP contribution in [0.5, 0.6) is 5.75 Å². The summed E-state index contributed by atoms with van der Waals surface area (Å²) >= 11 is 0. The third-order valence-corrected chi connectivity index (χ3v) is 4.84. The van der Waals surface area contributed by atoms with E-state index in [9.17, 15) is 9.59 Å². The Labute approximate surface area is 136 Å². The van der Waals surface area contributed by atoms with Crippen molar-refractivity contribution in [2.45, 2.75) is 50.5 Å². The monoisotopic (exact) mass is 317 g/mol. The molecule has 2 N–H and O–H groups in total. The summed E-state index contributed by atoms with van der Waals surface area (Å²) in [6.07, 6.45) is 7.37. The number of carboxylic acids is 1. The fourth-order valence-corrected chi connectivity index (χ4v) is 3.08. The average Bonchev–Trinajstić information content (AvgIpc) is 3.35. The molecule has 5 heteroatoms. The fourth-order valence-electron chi connectivity index (χ4n) is 3.08. The van der Waals surface area contributed by atoms with Crippen molar-refractivity contribution >= 4 is 11.9 Å². The number of carbonyl (C=O) groups excluding carboxylic acids is 1. The molecule has 2 saturated carbocycles. The van der Waals surface area contributed by atoms with Gasteiger partial charge in [0.05, 0.1) is 6.61 Å². The highest BCUT2D eigenvalue weighted by atomic mass is 16.5. The molecule has 0 saturated heterocycles. The molecule has 0 heterocycles. The van der Waals surface area contributed by atoms with Gasteiger partial charge in [0.25, 0.3) is 5.91 Å². The first-order valence-electron chi connectivity index (χ1n) is 8.38. The van der Waals surface area contributed by atoms with Gasteiger partial charge >= 0.3 is 5.97 Å². The van der Waals surface area contributed by atoms with Gasteiger partial charge in [0.1, 0.15) is 11.3 Å². The molecule has 5 nitrogen and oxygen atoms in total. The molecule has 1 aromatic carbocycles. The highest BCUT2D eigenvalue weighted by Crippen LogP contribution is 2.35. The zero-order valence-corrected chi connectivity index (χ0v) is 13.2. The summed E-state index contributed by atoms with van der Waals surface area (Å²) < 4.78 is 5.81. The molecule has 2 aliphatic rings. The van der Waals surface area contributed by atoms with E-state index in [-0.39, 0.29) is 5.91 Å². The summed E-state index contributed by atoms with van der Waals surface area (Å²) in [6.45, 7) is 0.730. The lowest BCUT2D eigenvalue weighted by molar-refractivity contribution is -0.140. The van der Waals surface area contributed by atoms with Crippen molar-refractivity contribution in [3.63, 3.8) is 0 Å². The van der Waals surface area contributed by atoms with Crippen LogP contribution >= 0.6 is 0 Å². The molecular formula is C18H23NO4. The number of nitrogens with one attached hydrogen (secondary N) is 1. The Morgan fingerprint density at radius 1 is 1.13 bits per heavy atom. The highest BCUT2D eigenvalue weighted by Gasteiger charge is 2.51. The van der Waals surface area contributed by atoms with E-state index in [0.29, 0.717) is 24.3 Å². The molecule has 0 spiro atoms. The number of ether oxygens (including phenoxy) is 1. The molecular weight excluding hydrogens is 294 g/mol. The minimum Gasteiger partial charge on any atom is -0.493 e. The van der Waals surface area contributed by atoms with Crippen molar-refractivity contribution in [2.24, 2.45) is 5.92 Å². The minimum absolute atomic E-state index is 0.344. The second-order valence-corrected chi connectivity index (χ2v) is 6.68. The van der Waals surface area contributed by atoms with Gasteiger partial charge < -0.3 is 15.2 Å². The Morgan fingerprint density at radius 2 is 1.78 bits per heavy atom. The van der Waals surface area contributed by atoms with Crippen molar-refractivity contribution in [1.29, 1.82) is 0 Å². The van der Waals surface area contributed by atoms with Crippen LogP contribution in [-0.4, -0.2) is 29.1 Å². The molecule has 23 heavy (non-hydrogen) atoms. The number of carboxylic acid groups (broad SMARTS) is 1. The van der Waals surface area contributed by atoms with Crippen molar-refractivity contribution in [2.75, 3.05) is 6.61 Å². The lowest BCUT2D eigenvalue weighted by Crippen LogP contribution is -2.43. The van der Waals surface area contributed by atoms with Crippen molar-refractivity contribution < 1.29 is 19.4 Å². The largest absolute Gasteiger partial charge is 0.493 e. The molecule has 2 fully saturated rings. The Morgan fingerprint density at radius 3 is 2.35 bits per heavy atom. The van der Waals surface area contributed by atoms with Crippen LogP contribution in [0.2, 0.25) is 0 Å². The number of hydrogen-bond acceptors (Lipinski definition) is 3. The normalized spacial score (nSPS) is 19.8.